The van der Waals surface area contributed by atoms with Gasteiger partial charge in [0.1, 0.15) is 5.75 Å². The zero-order valence-corrected chi connectivity index (χ0v) is 15.4. The van der Waals surface area contributed by atoms with Crippen molar-refractivity contribution in [2.24, 2.45) is 0 Å². The number of para-hydroxylation sites is 1. The van der Waals surface area contributed by atoms with Gasteiger partial charge in [0.05, 0.1) is 0 Å². The van der Waals surface area contributed by atoms with Crippen LogP contribution >= 0.6 is 11.8 Å². The van der Waals surface area contributed by atoms with Gasteiger partial charge in [-0.05, 0) is 67.1 Å². The number of aromatic nitrogens is 2. The monoisotopic (exact) mass is 365 g/mol. The first-order valence-corrected chi connectivity index (χ1v) is 8.97. The number of aryl methyl sites for hydroxylation is 2. The molecule has 1 heterocycles. The third kappa shape index (κ3) is 4.83. The van der Waals surface area contributed by atoms with Gasteiger partial charge in [0.15, 0.2) is 11.8 Å². The average Bonchev–Trinajstić information content (AvgIpc) is 2.64. The van der Waals surface area contributed by atoms with E-state index in [4.69, 9.17) is 4.74 Å². The fraction of sp³-hybridized carbons (Fsp3) is 0.150. The van der Waals surface area contributed by atoms with Crippen LogP contribution in [0.25, 0.3) is 0 Å². The Bertz CT molecular complexity index is 901. The summed E-state index contributed by atoms with van der Waals surface area (Å²) in [4.78, 5) is 21.6. The summed E-state index contributed by atoms with van der Waals surface area (Å²) >= 11 is 1.48. The third-order valence-corrected chi connectivity index (χ3v) is 4.56. The number of benzene rings is 2. The van der Waals surface area contributed by atoms with Crippen LogP contribution in [0, 0.1) is 13.8 Å². The molecule has 2 aromatic carbocycles. The van der Waals surface area contributed by atoms with Gasteiger partial charge in [0.2, 0.25) is 0 Å². The molecule has 0 aliphatic carbocycles. The Balaban J connectivity index is 1.59. The van der Waals surface area contributed by atoms with Crippen LogP contribution < -0.4 is 10.1 Å². The first kappa shape index (κ1) is 17.9. The molecule has 1 N–H and O–H groups in total. The maximum atomic E-state index is 12.2. The molecule has 0 aliphatic rings. The molecule has 0 spiro atoms. The van der Waals surface area contributed by atoms with Gasteiger partial charge >= 0.3 is 0 Å². The van der Waals surface area contributed by atoms with Gasteiger partial charge in [-0.15, -0.1) is 0 Å². The number of rotatable bonds is 6. The number of carbonyl (C=O) groups is 1. The summed E-state index contributed by atoms with van der Waals surface area (Å²) in [5.41, 5.74) is 2.73. The molecule has 26 heavy (non-hydrogen) atoms. The van der Waals surface area contributed by atoms with E-state index in [0.717, 1.165) is 21.7 Å². The van der Waals surface area contributed by atoms with Crippen molar-refractivity contribution in [2.75, 3.05) is 11.9 Å². The van der Waals surface area contributed by atoms with E-state index < -0.39 is 0 Å². The highest BCUT2D eigenvalue weighted by Gasteiger charge is 2.08. The zero-order valence-electron chi connectivity index (χ0n) is 14.6. The number of anilines is 1. The molecular weight excluding hydrogens is 346 g/mol. The molecular formula is C20H19N3O2S. The second kappa shape index (κ2) is 8.49. The molecule has 6 heteroatoms. The minimum Gasteiger partial charge on any atom is -0.483 e. The number of amides is 1. The molecule has 0 unspecified atom stereocenters. The highest BCUT2D eigenvalue weighted by atomic mass is 32.2. The molecule has 0 fully saturated rings. The minimum absolute atomic E-state index is 0.0291. The molecule has 1 amide bonds. The molecule has 3 aromatic rings. The second-order valence-electron chi connectivity index (χ2n) is 5.71. The van der Waals surface area contributed by atoms with E-state index in [1.165, 1.54) is 11.8 Å². The van der Waals surface area contributed by atoms with Crippen molar-refractivity contribution < 1.29 is 9.53 Å². The summed E-state index contributed by atoms with van der Waals surface area (Å²) in [7, 11) is 0. The van der Waals surface area contributed by atoms with E-state index in [0.29, 0.717) is 10.9 Å². The van der Waals surface area contributed by atoms with Crippen LogP contribution in [0.15, 0.2) is 71.0 Å². The van der Waals surface area contributed by atoms with Crippen molar-refractivity contribution in [3.63, 3.8) is 0 Å². The Morgan fingerprint density at radius 3 is 2.54 bits per heavy atom. The van der Waals surface area contributed by atoms with Crippen LogP contribution in [-0.2, 0) is 4.79 Å². The van der Waals surface area contributed by atoms with E-state index in [1.807, 2.05) is 56.3 Å². The van der Waals surface area contributed by atoms with E-state index in [1.54, 1.807) is 18.5 Å². The maximum Gasteiger partial charge on any atom is 0.262 e. The topological polar surface area (TPSA) is 64.1 Å². The van der Waals surface area contributed by atoms with Gasteiger partial charge in [-0.2, -0.15) is 0 Å². The first-order valence-electron chi connectivity index (χ1n) is 8.15. The predicted molar refractivity (Wildman–Crippen MR) is 103 cm³/mol. The summed E-state index contributed by atoms with van der Waals surface area (Å²) in [5, 5.41) is 3.58. The van der Waals surface area contributed by atoms with Crippen LogP contribution in [0.3, 0.4) is 0 Å². The Morgan fingerprint density at radius 1 is 1.04 bits per heavy atom. The lowest BCUT2D eigenvalue weighted by Gasteiger charge is -2.11. The zero-order chi connectivity index (χ0) is 18.4. The van der Waals surface area contributed by atoms with Crippen molar-refractivity contribution in [2.45, 2.75) is 23.9 Å². The van der Waals surface area contributed by atoms with Gasteiger partial charge in [0.25, 0.3) is 5.91 Å². The molecule has 132 valence electrons. The third-order valence-electron chi connectivity index (χ3n) is 3.68. The van der Waals surface area contributed by atoms with Crippen LogP contribution in [0.1, 0.15) is 11.1 Å². The lowest BCUT2D eigenvalue weighted by Crippen LogP contribution is -2.20. The summed E-state index contributed by atoms with van der Waals surface area (Å²) in [6.45, 7) is 3.87. The number of nitrogens with zero attached hydrogens (tertiary/aromatic N) is 2. The highest BCUT2D eigenvalue weighted by molar-refractivity contribution is 7.99. The number of carbonyl (C=O) groups excluding carboxylic acids is 1. The Kier molecular flexibility index (Phi) is 5.86. The molecule has 0 aliphatic heterocycles. The van der Waals surface area contributed by atoms with Gasteiger partial charge in [-0.3, -0.25) is 4.79 Å². The van der Waals surface area contributed by atoms with Crippen LogP contribution in [0.4, 0.5) is 5.69 Å². The molecule has 0 atom stereocenters. The quantitative estimate of drug-likeness (QED) is 0.661. The largest absolute Gasteiger partial charge is 0.483 e. The van der Waals surface area contributed by atoms with E-state index in [-0.39, 0.29) is 12.5 Å². The Morgan fingerprint density at radius 2 is 1.81 bits per heavy atom. The average molecular weight is 365 g/mol. The highest BCUT2D eigenvalue weighted by Crippen LogP contribution is 2.27. The number of nitrogens with one attached hydrogen (secondary N) is 1. The first-order chi connectivity index (χ1) is 12.6. The second-order valence-corrected chi connectivity index (χ2v) is 6.75. The fourth-order valence-corrected chi connectivity index (χ4v) is 3.14. The van der Waals surface area contributed by atoms with Crippen molar-refractivity contribution in [3.05, 3.63) is 72.1 Å². The normalized spacial score (nSPS) is 10.4. The van der Waals surface area contributed by atoms with Crippen molar-refractivity contribution in [3.8, 4) is 5.75 Å². The van der Waals surface area contributed by atoms with E-state index in [9.17, 15) is 4.79 Å². The summed E-state index contributed by atoms with van der Waals surface area (Å²) in [5.74, 6) is 0.525. The maximum absolute atomic E-state index is 12.2. The summed E-state index contributed by atoms with van der Waals surface area (Å²) < 4.78 is 5.58. The molecule has 0 radical (unpaired) electrons. The van der Waals surface area contributed by atoms with Gasteiger partial charge in [0, 0.05) is 23.0 Å². The molecule has 0 bridgehead atoms. The molecule has 0 saturated carbocycles. The predicted octanol–water partition coefficient (Wildman–Crippen LogP) is 4.26. The van der Waals surface area contributed by atoms with Crippen LogP contribution in [-0.4, -0.2) is 22.5 Å². The molecule has 3 rings (SSSR count). The number of hydrogen-bond acceptors (Lipinski definition) is 5. The smallest absolute Gasteiger partial charge is 0.262 e. The minimum atomic E-state index is -0.192. The number of hydrogen-bond donors (Lipinski definition) is 1. The van der Waals surface area contributed by atoms with Crippen LogP contribution in [0.5, 0.6) is 5.75 Å². The molecule has 0 saturated heterocycles. The van der Waals surface area contributed by atoms with Crippen molar-refractivity contribution in [1.29, 1.82) is 0 Å². The molecule has 1 aromatic heterocycles. The Hall–Kier alpha value is -2.86. The van der Waals surface area contributed by atoms with Crippen LogP contribution in [0.2, 0.25) is 0 Å². The summed E-state index contributed by atoms with van der Waals surface area (Å²) in [6, 6.07) is 15.2. The van der Waals surface area contributed by atoms with Crippen molar-refractivity contribution >= 4 is 23.4 Å². The standard InChI is InChI=1S/C20H19N3O2S/c1-14-6-3-4-7-18(14)25-13-19(24)23-17-9-8-16(12-15(17)2)26-20-21-10-5-11-22-20/h3-12H,13H2,1-2H3,(H,23,24). The van der Waals surface area contributed by atoms with E-state index in [2.05, 4.69) is 15.3 Å². The van der Waals surface area contributed by atoms with Gasteiger partial charge in [-0.1, -0.05) is 18.2 Å². The van der Waals surface area contributed by atoms with E-state index >= 15 is 0 Å². The number of ether oxygens (including phenoxy) is 1. The van der Waals surface area contributed by atoms with Gasteiger partial charge < -0.3 is 10.1 Å². The van der Waals surface area contributed by atoms with Crippen molar-refractivity contribution in [1.82, 2.24) is 9.97 Å². The fourth-order valence-electron chi connectivity index (χ4n) is 2.33. The van der Waals surface area contributed by atoms with Gasteiger partial charge in [-0.25, -0.2) is 9.97 Å². The lowest BCUT2D eigenvalue weighted by molar-refractivity contribution is -0.118. The summed E-state index contributed by atoms with van der Waals surface area (Å²) in [6.07, 6.45) is 3.43. The SMILES string of the molecule is Cc1cc(Sc2ncccn2)ccc1NC(=O)COc1ccccc1C. The Labute approximate surface area is 156 Å². The molecule has 5 nitrogen and oxygen atoms in total. The lowest BCUT2D eigenvalue weighted by atomic mass is 10.2.